The molecule has 1 fully saturated rings. The molecular weight excluding hydrogens is 172 g/mol. The highest BCUT2D eigenvalue weighted by atomic mass is 19.3. The second kappa shape index (κ2) is 3.66. The summed E-state index contributed by atoms with van der Waals surface area (Å²) in [7, 11) is 0. The second-order valence-corrected chi connectivity index (χ2v) is 2.64. The molecule has 70 valence electrons. The van der Waals surface area contributed by atoms with Gasteiger partial charge in [0, 0.05) is 6.04 Å². The molecule has 12 heavy (non-hydrogen) atoms. The van der Waals surface area contributed by atoms with Crippen LogP contribution in [-0.4, -0.2) is 30.0 Å². The molecule has 0 radical (unpaired) electrons. The van der Waals surface area contributed by atoms with Crippen molar-refractivity contribution < 1.29 is 23.4 Å². The quantitative estimate of drug-likeness (QED) is 0.683. The lowest BCUT2D eigenvalue weighted by Gasteiger charge is -2.34. The van der Waals surface area contributed by atoms with Crippen molar-refractivity contribution in [3.8, 4) is 0 Å². The summed E-state index contributed by atoms with van der Waals surface area (Å²) in [4.78, 5) is 10.0. The van der Waals surface area contributed by atoms with Crippen molar-refractivity contribution in [3.63, 3.8) is 0 Å². The van der Waals surface area contributed by atoms with Gasteiger partial charge in [0.05, 0.1) is 6.10 Å². The number of amides is 1. The topological polar surface area (TPSA) is 58.6 Å². The van der Waals surface area contributed by atoms with Gasteiger partial charge in [0.2, 0.25) is 0 Å². The fourth-order valence-corrected chi connectivity index (χ4v) is 1.11. The largest absolute Gasteiger partial charge is 0.465 e. The van der Waals surface area contributed by atoms with Gasteiger partial charge >= 0.3 is 12.7 Å². The van der Waals surface area contributed by atoms with Crippen LogP contribution in [-0.2, 0) is 4.74 Å². The zero-order valence-electron chi connectivity index (χ0n) is 6.17. The van der Waals surface area contributed by atoms with Crippen LogP contribution in [0.5, 0.6) is 0 Å². The number of ether oxygens (including phenoxy) is 1. The minimum atomic E-state index is -2.76. The zero-order chi connectivity index (χ0) is 9.14. The highest BCUT2D eigenvalue weighted by Gasteiger charge is 2.32. The molecule has 4 nitrogen and oxygen atoms in total. The molecule has 1 amide bonds. The molecule has 0 bridgehead atoms. The number of alkyl halides is 2. The first-order valence-corrected chi connectivity index (χ1v) is 3.51. The van der Waals surface area contributed by atoms with E-state index in [1.807, 2.05) is 0 Å². The third-order valence-corrected chi connectivity index (χ3v) is 1.72. The Kier molecular flexibility index (Phi) is 2.80. The minimum absolute atomic E-state index is 0.230. The highest BCUT2D eigenvalue weighted by Crippen LogP contribution is 2.24. The predicted octanol–water partition coefficient (Wildman–Crippen LogP) is 1.02. The first-order chi connectivity index (χ1) is 5.58. The van der Waals surface area contributed by atoms with Gasteiger partial charge in [-0.05, 0) is 12.8 Å². The molecule has 1 aliphatic rings. The van der Waals surface area contributed by atoms with E-state index in [0.717, 1.165) is 0 Å². The molecule has 0 atom stereocenters. The Morgan fingerprint density at radius 1 is 1.58 bits per heavy atom. The minimum Gasteiger partial charge on any atom is -0.465 e. The van der Waals surface area contributed by atoms with Crippen LogP contribution in [0.2, 0.25) is 0 Å². The molecule has 0 spiro atoms. The maximum Gasteiger partial charge on any atom is 0.404 e. The Hall–Kier alpha value is -0.910. The third-order valence-electron chi connectivity index (χ3n) is 1.72. The van der Waals surface area contributed by atoms with E-state index in [1.165, 1.54) is 0 Å². The van der Waals surface area contributed by atoms with E-state index in [4.69, 9.17) is 5.11 Å². The van der Waals surface area contributed by atoms with Gasteiger partial charge in [0.1, 0.15) is 0 Å². The second-order valence-electron chi connectivity index (χ2n) is 2.64. The Morgan fingerprint density at radius 2 is 2.17 bits per heavy atom. The van der Waals surface area contributed by atoms with Crippen molar-refractivity contribution in [3.05, 3.63) is 0 Å². The number of hydrogen-bond acceptors (Lipinski definition) is 2. The number of nitrogens with one attached hydrogen (secondary N) is 1. The number of carbonyl (C=O) groups is 1. The Balaban J connectivity index is 2.08. The summed E-state index contributed by atoms with van der Waals surface area (Å²) < 4.78 is 27.2. The van der Waals surface area contributed by atoms with Gasteiger partial charge in [-0.15, -0.1) is 0 Å². The lowest BCUT2D eigenvalue weighted by atomic mass is 9.89. The molecular formula is C6H9F2NO3. The molecule has 0 unspecified atom stereocenters. The predicted molar refractivity (Wildman–Crippen MR) is 35.1 cm³/mol. The van der Waals surface area contributed by atoms with Crippen molar-refractivity contribution >= 4 is 6.09 Å². The third kappa shape index (κ3) is 2.61. The van der Waals surface area contributed by atoms with Gasteiger partial charge in [-0.3, -0.25) is 0 Å². The average molecular weight is 181 g/mol. The Labute approximate surface area is 67.5 Å². The van der Waals surface area contributed by atoms with E-state index in [0.29, 0.717) is 12.8 Å². The summed E-state index contributed by atoms with van der Waals surface area (Å²) >= 11 is 0. The standard InChI is InChI=1S/C6H9F2NO3/c7-5(8)12-4-1-3(2-4)9-6(10)11/h3-5,9H,1-2H2,(H,10,11). The van der Waals surface area contributed by atoms with E-state index >= 15 is 0 Å². The molecule has 0 aromatic heterocycles. The summed E-state index contributed by atoms with van der Waals surface area (Å²) in [5, 5.41) is 10.4. The molecule has 1 rings (SSSR count). The van der Waals surface area contributed by atoms with Gasteiger partial charge in [0.15, 0.2) is 0 Å². The first-order valence-electron chi connectivity index (χ1n) is 3.51. The smallest absolute Gasteiger partial charge is 0.404 e. The van der Waals surface area contributed by atoms with E-state index in [1.54, 1.807) is 0 Å². The molecule has 0 heterocycles. The zero-order valence-corrected chi connectivity index (χ0v) is 6.17. The van der Waals surface area contributed by atoms with Gasteiger partial charge in [-0.2, -0.15) is 8.78 Å². The van der Waals surface area contributed by atoms with Crippen molar-refractivity contribution in [1.29, 1.82) is 0 Å². The van der Waals surface area contributed by atoms with Crippen LogP contribution in [0, 0.1) is 0 Å². The number of rotatable bonds is 3. The molecule has 0 aromatic carbocycles. The fraction of sp³-hybridized carbons (Fsp3) is 0.833. The highest BCUT2D eigenvalue weighted by molar-refractivity contribution is 5.65. The maximum absolute atomic E-state index is 11.5. The van der Waals surface area contributed by atoms with Crippen LogP contribution < -0.4 is 5.32 Å². The lowest BCUT2D eigenvalue weighted by Crippen LogP contribution is -2.47. The van der Waals surface area contributed by atoms with Crippen LogP contribution in [0.3, 0.4) is 0 Å². The Bertz CT molecular complexity index is 170. The molecule has 2 N–H and O–H groups in total. The number of hydrogen-bond donors (Lipinski definition) is 2. The van der Waals surface area contributed by atoms with Crippen LogP contribution in [0.25, 0.3) is 0 Å². The SMILES string of the molecule is O=C(O)NC1CC(OC(F)F)C1. The summed E-state index contributed by atoms with van der Waals surface area (Å²) in [5.74, 6) is 0. The molecule has 1 saturated carbocycles. The van der Waals surface area contributed by atoms with Crippen molar-refractivity contribution in [2.24, 2.45) is 0 Å². The van der Waals surface area contributed by atoms with Gasteiger partial charge < -0.3 is 15.2 Å². The maximum atomic E-state index is 11.5. The van der Waals surface area contributed by atoms with Crippen LogP contribution >= 0.6 is 0 Å². The molecule has 0 aromatic rings. The number of carboxylic acid groups (broad SMARTS) is 1. The average Bonchev–Trinajstić information content (AvgIpc) is 1.80. The molecule has 1 aliphatic carbocycles. The van der Waals surface area contributed by atoms with Crippen molar-refractivity contribution in [2.45, 2.75) is 31.6 Å². The van der Waals surface area contributed by atoms with Crippen LogP contribution in [0.1, 0.15) is 12.8 Å². The van der Waals surface area contributed by atoms with E-state index in [-0.39, 0.29) is 6.04 Å². The lowest BCUT2D eigenvalue weighted by molar-refractivity contribution is -0.184. The molecule has 0 saturated heterocycles. The molecule has 0 aliphatic heterocycles. The van der Waals surface area contributed by atoms with Gasteiger partial charge in [-0.1, -0.05) is 0 Å². The van der Waals surface area contributed by atoms with Crippen molar-refractivity contribution in [1.82, 2.24) is 5.32 Å². The van der Waals surface area contributed by atoms with Crippen LogP contribution in [0.4, 0.5) is 13.6 Å². The fourth-order valence-electron chi connectivity index (χ4n) is 1.11. The Morgan fingerprint density at radius 3 is 2.58 bits per heavy atom. The van der Waals surface area contributed by atoms with E-state index < -0.39 is 18.8 Å². The van der Waals surface area contributed by atoms with E-state index in [9.17, 15) is 13.6 Å². The van der Waals surface area contributed by atoms with Crippen LogP contribution in [0.15, 0.2) is 0 Å². The van der Waals surface area contributed by atoms with E-state index in [2.05, 4.69) is 10.1 Å². The normalized spacial score (nSPS) is 28.2. The summed E-state index contributed by atoms with van der Waals surface area (Å²) in [6, 6.07) is -0.230. The summed E-state index contributed by atoms with van der Waals surface area (Å²) in [5.41, 5.74) is 0. The summed E-state index contributed by atoms with van der Waals surface area (Å²) in [6.45, 7) is -2.76. The summed E-state index contributed by atoms with van der Waals surface area (Å²) in [6.07, 6.45) is -0.967. The monoisotopic (exact) mass is 181 g/mol. The van der Waals surface area contributed by atoms with Crippen molar-refractivity contribution in [2.75, 3.05) is 0 Å². The first kappa shape index (κ1) is 9.18. The van der Waals surface area contributed by atoms with Gasteiger partial charge in [-0.25, -0.2) is 4.79 Å². The van der Waals surface area contributed by atoms with Gasteiger partial charge in [0.25, 0.3) is 0 Å². The molecule has 6 heteroatoms. The number of halogens is 2.